The van der Waals surface area contributed by atoms with Crippen molar-refractivity contribution in [2.45, 2.75) is 0 Å². The largest absolute Gasteiger partial charge is 0.496 e. The van der Waals surface area contributed by atoms with E-state index in [9.17, 15) is 0 Å². The maximum Gasteiger partial charge on any atom is 0.137 e. The first-order valence-corrected chi connectivity index (χ1v) is 4.62. The highest BCUT2D eigenvalue weighted by Gasteiger charge is 2.08. The van der Waals surface area contributed by atoms with Gasteiger partial charge in [-0.15, -0.1) is 0 Å². The van der Waals surface area contributed by atoms with E-state index in [-0.39, 0.29) is 0 Å². The minimum atomic E-state index is 0.486. The Kier molecular flexibility index (Phi) is 3.37. The summed E-state index contributed by atoms with van der Waals surface area (Å²) in [4.78, 5) is 0. The number of ether oxygens (including phenoxy) is 2. The highest BCUT2D eigenvalue weighted by Crippen LogP contribution is 2.29. The van der Waals surface area contributed by atoms with Crippen LogP contribution in [0, 0.1) is 14.9 Å². The smallest absolute Gasteiger partial charge is 0.137 e. The zero-order valence-electron chi connectivity index (χ0n) is 7.30. The van der Waals surface area contributed by atoms with Crippen molar-refractivity contribution in [1.82, 2.24) is 0 Å². The van der Waals surface area contributed by atoms with E-state index in [4.69, 9.17) is 14.7 Å². The van der Waals surface area contributed by atoms with Crippen molar-refractivity contribution >= 4 is 22.6 Å². The molecule has 0 N–H and O–H groups in total. The number of hydrogen-bond acceptors (Lipinski definition) is 3. The maximum absolute atomic E-state index is 8.77. The van der Waals surface area contributed by atoms with Gasteiger partial charge in [0.05, 0.1) is 23.4 Å². The summed E-state index contributed by atoms with van der Waals surface area (Å²) >= 11 is 2.13. The standard InChI is InChI=1S/C9H8INO2/c1-12-8-4-7(10)9(13-2)3-6(8)5-11/h3-4H,1-2H3. The molecule has 0 aliphatic heterocycles. The monoisotopic (exact) mass is 289 g/mol. The molecule has 0 bridgehead atoms. The van der Waals surface area contributed by atoms with Crippen LogP contribution in [-0.2, 0) is 0 Å². The van der Waals surface area contributed by atoms with Gasteiger partial charge >= 0.3 is 0 Å². The minimum Gasteiger partial charge on any atom is -0.496 e. The van der Waals surface area contributed by atoms with Gasteiger partial charge < -0.3 is 9.47 Å². The third-order valence-electron chi connectivity index (χ3n) is 1.59. The number of hydrogen-bond donors (Lipinski definition) is 0. The maximum atomic E-state index is 8.77. The van der Waals surface area contributed by atoms with Gasteiger partial charge in [0.25, 0.3) is 0 Å². The van der Waals surface area contributed by atoms with Gasteiger partial charge in [-0.3, -0.25) is 0 Å². The number of halogens is 1. The summed E-state index contributed by atoms with van der Waals surface area (Å²) in [5.74, 6) is 1.27. The van der Waals surface area contributed by atoms with Gasteiger partial charge in [-0.25, -0.2) is 0 Å². The number of rotatable bonds is 2. The Morgan fingerprint density at radius 3 is 2.31 bits per heavy atom. The van der Waals surface area contributed by atoms with E-state index in [1.165, 1.54) is 0 Å². The molecule has 0 radical (unpaired) electrons. The lowest BCUT2D eigenvalue weighted by Gasteiger charge is -2.07. The number of nitriles is 1. The van der Waals surface area contributed by atoms with Gasteiger partial charge in [0, 0.05) is 6.07 Å². The van der Waals surface area contributed by atoms with Crippen LogP contribution in [0.4, 0.5) is 0 Å². The molecular weight excluding hydrogens is 281 g/mol. The molecule has 0 saturated carbocycles. The first-order valence-electron chi connectivity index (χ1n) is 3.54. The average molecular weight is 289 g/mol. The quantitative estimate of drug-likeness (QED) is 0.784. The van der Waals surface area contributed by atoms with Crippen molar-refractivity contribution in [3.05, 3.63) is 21.3 Å². The predicted octanol–water partition coefficient (Wildman–Crippen LogP) is 2.18. The zero-order valence-corrected chi connectivity index (χ0v) is 9.45. The summed E-state index contributed by atoms with van der Waals surface area (Å²) in [5.41, 5.74) is 0.486. The second-order valence-electron chi connectivity index (χ2n) is 2.30. The van der Waals surface area contributed by atoms with Crippen molar-refractivity contribution in [3.63, 3.8) is 0 Å². The first-order chi connectivity index (χ1) is 6.22. The van der Waals surface area contributed by atoms with Gasteiger partial charge in [-0.2, -0.15) is 5.26 Å². The Morgan fingerprint density at radius 1 is 1.23 bits per heavy atom. The minimum absolute atomic E-state index is 0.486. The molecule has 0 saturated heterocycles. The Bertz CT molecular complexity index is 357. The summed E-state index contributed by atoms with van der Waals surface area (Å²) in [7, 11) is 3.11. The topological polar surface area (TPSA) is 42.2 Å². The highest BCUT2D eigenvalue weighted by molar-refractivity contribution is 14.1. The van der Waals surface area contributed by atoms with Gasteiger partial charge in [-0.1, -0.05) is 0 Å². The third-order valence-corrected chi connectivity index (χ3v) is 2.44. The molecule has 0 aliphatic rings. The van der Waals surface area contributed by atoms with Crippen LogP contribution in [0.15, 0.2) is 12.1 Å². The summed E-state index contributed by atoms with van der Waals surface area (Å²) in [6, 6.07) is 5.48. The lowest BCUT2D eigenvalue weighted by atomic mass is 10.2. The molecule has 0 aliphatic carbocycles. The van der Waals surface area contributed by atoms with Crippen molar-refractivity contribution in [1.29, 1.82) is 5.26 Å². The number of benzene rings is 1. The van der Waals surface area contributed by atoms with E-state index in [1.54, 1.807) is 26.4 Å². The fourth-order valence-electron chi connectivity index (χ4n) is 0.948. The van der Waals surface area contributed by atoms with E-state index in [1.807, 2.05) is 6.07 Å². The zero-order chi connectivity index (χ0) is 9.84. The fraction of sp³-hybridized carbons (Fsp3) is 0.222. The van der Waals surface area contributed by atoms with Crippen LogP contribution in [0.25, 0.3) is 0 Å². The van der Waals surface area contributed by atoms with Crippen LogP contribution >= 0.6 is 22.6 Å². The van der Waals surface area contributed by atoms with Crippen LogP contribution in [-0.4, -0.2) is 14.2 Å². The molecule has 0 spiro atoms. The molecular formula is C9H8INO2. The molecule has 1 rings (SSSR count). The average Bonchev–Trinajstić information content (AvgIpc) is 2.17. The molecule has 0 atom stereocenters. The van der Waals surface area contributed by atoms with Gasteiger partial charge in [-0.05, 0) is 28.7 Å². The predicted molar refractivity (Wildman–Crippen MR) is 57.0 cm³/mol. The van der Waals surface area contributed by atoms with E-state index < -0.39 is 0 Å². The molecule has 0 aromatic heterocycles. The van der Waals surface area contributed by atoms with Gasteiger partial charge in [0.1, 0.15) is 17.6 Å². The molecule has 0 unspecified atom stereocenters. The van der Waals surface area contributed by atoms with Crippen LogP contribution in [0.2, 0.25) is 0 Å². The van der Waals surface area contributed by atoms with Crippen molar-refractivity contribution in [2.24, 2.45) is 0 Å². The van der Waals surface area contributed by atoms with Crippen molar-refractivity contribution < 1.29 is 9.47 Å². The SMILES string of the molecule is COc1cc(C#N)c(OC)cc1I. The second-order valence-corrected chi connectivity index (χ2v) is 3.46. The van der Waals surface area contributed by atoms with Crippen molar-refractivity contribution in [2.75, 3.05) is 14.2 Å². The van der Waals surface area contributed by atoms with Crippen LogP contribution in [0.1, 0.15) is 5.56 Å². The normalized spacial score (nSPS) is 9.08. The first kappa shape index (κ1) is 10.1. The molecule has 0 amide bonds. The molecule has 13 heavy (non-hydrogen) atoms. The summed E-state index contributed by atoms with van der Waals surface area (Å²) in [6.07, 6.45) is 0. The molecule has 4 heteroatoms. The van der Waals surface area contributed by atoms with Crippen LogP contribution in [0.5, 0.6) is 11.5 Å². The molecule has 68 valence electrons. The van der Waals surface area contributed by atoms with Gasteiger partial charge in [0.2, 0.25) is 0 Å². The summed E-state index contributed by atoms with van der Waals surface area (Å²) < 4.78 is 11.0. The Balaban J connectivity index is 3.28. The van der Waals surface area contributed by atoms with Crippen molar-refractivity contribution in [3.8, 4) is 17.6 Å². The third kappa shape index (κ3) is 2.04. The number of nitrogens with zero attached hydrogens (tertiary/aromatic N) is 1. The Morgan fingerprint density at radius 2 is 1.85 bits per heavy atom. The number of methoxy groups -OCH3 is 2. The van der Waals surface area contributed by atoms with E-state index >= 15 is 0 Å². The van der Waals surface area contributed by atoms with Crippen LogP contribution < -0.4 is 9.47 Å². The van der Waals surface area contributed by atoms with E-state index in [0.29, 0.717) is 17.1 Å². The molecule has 0 fully saturated rings. The fourth-order valence-corrected chi connectivity index (χ4v) is 1.61. The highest BCUT2D eigenvalue weighted by atomic mass is 127. The molecule has 3 nitrogen and oxygen atoms in total. The molecule has 0 heterocycles. The summed E-state index contributed by atoms with van der Waals surface area (Å²) in [5, 5.41) is 8.77. The Labute approximate surface area is 90.4 Å². The van der Waals surface area contributed by atoms with Gasteiger partial charge in [0.15, 0.2) is 0 Å². The Hall–Kier alpha value is -0.960. The van der Waals surface area contributed by atoms with Crippen LogP contribution in [0.3, 0.4) is 0 Å². The second kappa shape index (κ2) is 4.33. The van der Waals surface area contributed by atoms with E-state index in [2.05, 4.69) is 22.6 Å². The molecule has 1 aromatic rings. The van der Waals surface area contributed by atoms with E-state index in [0.717, 1.165) is 3.57 Å². The molecule has 1 aromatic carbocycles. The lowest BCUT2D eigenvalue weighted by Crippen LogP contribution is -1.92. The summed E-state index contributed by atoms with van der Waals surface area (Å²) in [6.45, 7) is 0. The lowest BCUT2D eigenvalue weighted by molar-refractivity contribution is 0.399.